The van der Waals surface area contributed by atoms with Crippen LogP contribution in [-0.4, -0.2) is 32.3 Å². The van der Waals surface area contributed by atoms with Crippen LogP contribution in [0, 0.1) is 13.8 Å². The number of hydrogen-bond acceptors (Lipinski definition) is 7. The molecule has 0 fully saturated rings. The Bertz CT molecular complexity index is 1550. The summed E-state index contributed by atoms with van der Waals surface area (Å²) in [6.45, 7) is 5.13. The first-order chi connectivity index (χ1) is 17.6. The minimum absolute atomic E-state index is 0.156. The molecule has 0 amide bonds. The van der Waals surface area contributed by atoms with Gasteiger partial charge in [0.15, 0.2) is 5.69 Å². The van der Waals surface area contributed by atoms with Gasteiger partial charge in [0.05, 0.1) is 18.5 Å². The van der Waals surface area contributed by atoms with Crippen LogP contribution in [0.4, 0.5) is 0 Å². The highest BCUT2D eigenvalue weighted by Gasteiger charge is 2.18. The molecule has 5 rings (SSSR count). The van der Waals surface area contributed by atoms with Crippen LogP contribution in [-0.2, 0) is 6.54 Å². The SMILES string of the molecule is Cc1ccc(OCCCSc2nnc(-c3nn(Cc4ccccc4)c(=O)c4ccccc34)o2)cc1C. The normalized spacial score (nSPS) is 11.2. The fraction of sp³-hybridized carbons (Fsp3) is 0.214. The van der Waals surface area contributed by atoms with E-state index < -0.39 is 0 Å². The molecule has 182 valence electrons. The molecule has 0 aliphatic heterocycles. The number of thioether (sulfide) groups is 1. The van der Waals surface area contributed by atoms with Gasteiger partial charge < -0.3 is 9.15 Å². The maximum Gasteiger partial charge on any atom is 0.276 e. The quantitative estimate of drug-likeness (QED) is 0.191. The molecule has 0 aliphatic carbocycles. The lowest BCUT2D eigenvalue weighted by Crippen LogP contribution is -2.24. The molecule has 0 N–H and O–H groups in total. The zero-order valence-corrected chi connectivity index (χ0v) is 21.0. The van der Waals surface area contributed by atoms with Gasteiger partial charge in [0.25, 0.3) is 16.7 Å². The van der Waals surface area contributed by atoms with Crippen LogP contribution in [0.2, 0.25) is 0 Å². The third kappa shape index (κ3) is 5.33. The van der Waals surface area contributed by atoms with E-state index in [0.29, 0.717) is 40.7 Å². The summed E-state index contributed by atoms with van der Waals surface area (Å²) in [6, 6.07) is 23.2. The van der Waals surface area contributed by atoms with Crippen LogP contribution in [0.5, 0.6) is 5.75 Å². The Hall–Kier alpha value is -3.91. The van der Waals surface area contributed by atoms with Crippen molar-refractivity contribution >= 4 is 22.5 Å². The van der Waals surface area contributed by atoms with Crippen molar-refractivity contribution in [2.24, 2.45) is 0 Å². The van der Waals surface area contributed by atoms with Crippen molar-refractivity contribution in [2.75, 3.05) is 12.4 Å². The summed E-state index contributed by atoms with van der Waals surface area (Å²) in [4.78, 5) is 13.1. The van der Waals surface area contributed by atoms with Crippen molar-refractivity contribution in [2.45, 2.75) is 32.0 Å². The molecule has 2 heterocycles. The van der Waals surface area contributed by atoms with Crippen LogP contribution in [0.25, 0.3) is 22.4 Å². The van der Waals surface area contributed by atoms with Gasteiger partial charge in [-0.15, -0.1) is 10.2 Å². The highest BCUT2D eigenvalue weighted by molar-refractivity contribution is 7.99. The van der Waals surface area contributed by atoms with Crippen molar-refractivity contribution < 1.29 is 9.15 Å². The molecule has 0 bridgehead atoms. The van der Waals surface area contributed by atoms with Crippen molar-refractivity contribution in [3.8, 4) is 17.3 Å². The number of ether oxygens (including phenoxy) is 1. The van der Waals surface area contributed by atoms with Crippen molar-refractivity contribution in [3.05, 3.63) is 99.8 Å². The fourth-order valence-corrected chi connectivity index (χ4v) is 4.51. The van der Waals surface area contributed by atoms with Gasteiger partial charge in [-0.05, 0) is 55.2 Å². The third-order valence-corrected chi connectivity index (χ3v) is 6.82. The molecule has 0 unspecified atom stereocenters. The van der Waals surface area contributed by atoms with Crippen molar-refractivity contribution in [1.82, 2.24) is 20.0 Å². The average molecular weight is 499 g/mol. The summed E-state index contributed by atoms with van der Waals surface area (Å²) in [5, 5.41) is 14.8. The Kier molecular flexibility index (Phi) is 7.13. The molecule has 8 heteroatoms. The van der Waals surface area contributed by atoms with Crippen molar-refractivity contribution in [3.63, 3.8) is 0 Å². The Balaban J connectivity index is 1.29. The van der Waals surface area contributed by atoms with E-state index in [9.17, 15) is 4.79 Å². The van der Waals surface area contributed by atoms with E-state index in [1.807, 2.05) is 54.6 Å². The van der Waals surface area contributed by atoms with E-state index in [4.69, 9.17) is 9.15 Å². The Morgan fingerprint density at radius 1 is 0.917 bits per heavy atom. The standard InChI is InChI=1S/C28H26N4O3S/c1-19-13-14-22(17-20(19)2)34-15-8-16-36-28-30-29-26(35-28)25-23-11-6-7-12-24(23)27(33)32(31-25)18-21-9-4-3-5-10-21/h3-7,9-14,17H,8,15-16,18H2,1-2H3. The summed E-state index contributed by atoms with van der Waals surface area (Å²) in [5.41, 5.74) is 3.80. The molecular weight excluding hydrogens is 472 g/mol. The molecule has 5 aromatic rings. The number of fused-ring (bicyclic) bond motifs is 1. The monoisotopic (exact) mass is 498 g/mol. The summed E-state index contributed by atoms with van der Waals surface area (Å²) in [5.74, 6) is 1.95. The first-order valence-electron chi connectivity index (χ1n) is 11.8. The van der Waals surface area contributed by atoms with Crippen LogP contribution in [0.15, 0.2) is 87.2 Å². The van der Waals surface area contributed by atoms with E-state index in [0.717, 1.165) is 23.5 Å². The molecule has 0 atom stereocenters. The third-order valence-electron chi connectivity index (χ3n) is 5.91. The zero-order valence-electron chi connectivity index (χ0n) is 20.2. The minimum atomic E-state index is -0.156. The lowest BCUT2D eigenvalue weighted by molar-refractivity contribution is 0.318. The second-order valence-electron chi connectivity index (χ2n) is 8.51. The molecule has 0 aliphatic rings. The van der Waals surface area contributed by atoms with Gasteiger partial charge in [0, 0.05) is 11.1 Å². The summed E-state index contributed by atoms with van der Waals surface area (Å²) < 4.78 is 13.2. The molecule has 2 aromatic heterocycles. The van der Waals surface area contributed by atoms with Crippen molar-refractivity contribution in [1.29, 1.82) is 0 Å². The molecule has 0 saturated carbocycles. The smallest absolute Gasteiger partial charge is 0.276 e. The number of aryl methyl sites for hydroxylation is 2. The van der Waals surface area contributed by atoms with Gasteiger partial charge in [-0.2, -0.15) is 5.10 Å². The molecule has 0 saturated heterocycles. The van der Waals surface area contributed by atoms with Gasteiger partial charge in [0.1, 0.15) is 5.75 Å². The highest BCUT2D eigenvalue weighted by atomic mass is 32.2. The number of benzene rings is 3. The number of rotatable bonds is 9. The minimum Gasteiger partial charge on any atom is -0.494 e. The predicted octanol–water partition coefficient (Wildman–Crippen LogP) is 5.67. The topological polar surface area (TPSA) is 83.0 Å². The molecule has 7 nitrogen and oxygen atoms in total. The summed E-state index contributed by atoms with van der Waals surface area (Å²) >= 11 is 1.48. The molecular formula is C28H26N4O3S. The molecule has 3 aromatic carbocycles. The first-order valence-corrected chi connectivity index (χ1v) is 12.8. The number of hydrogen-bond donors (Lipinski definition) is 0. The molecule has 0 spiro atoms. The van der Waals surface area contributed by atoms with Crippen LogP contribution in [0.3, 0.4) is 0 Å². The Morgan fingerprint density at radius 3 is 2.50 bits per heavy atom. The predicted molar refractivity (Wildman–Crippen MR) is 142 cm³/mol. The molecule has 36 heavy (non-hydrogen) atoms. The van der Waals surface area contributed by atoms with E-state index in [1.54, 1.807) is 6.07 Å². The fourth-order valence-electron chi connectivity index (χ4n) is 3.83. The second-order valence-corrected chi connectivity index (χ2v) is 9.56. The second kappa shape index (κ2) is 10.8. The van der Waals surface area contributed by atoms with Gasteiger partial charge in [-0.25, -0.2) is 4.68 Å². The number of nitrogens with zero attached hydrogens (tertiary/aromatic N) is 4. The van der Waals surface area contributed by atoms with E-state index in [-0.39, 0.29) is 5.56 Å². The lowest BCUT2D eigenvalue weighted by atomic mass is 10.1. The molecule has 0 radical (unpaired) electrons. The van der Waals surface area contributed by atoms with Gasteiger partial charge >= 0.3 is 0 Å². The van der Waals surface area contributed by atoms with Crippen LogP contribution < -0.4 is 10.3 Å². The first kappa shape index (κ1) is 23.8. The van der Waals surface area contributed by atoms with E-state index >= 15 is 0 Å². The van der Waals surface area contributed by atoms with E-state index in [1.165, 1.54) is 27.6 Å². The summed E-state index contributed by atoms with van der Waals surface area (Å²) in [6.07, 6.45) is 0.832. The lowest BCUT2D eigenvalue weighted by Gasteiger charge is -2.09. The zero-order chi connectivity index (χ0) is 24.9. The largest absolute Gasteiger partial charge is 0.494 e. The Labute approximate surface area is 213 Å². The van der Waals surface area contributed by atoms with Gasteiger partial charge in [-0.1, -0.05) is 66.4 Å². The van der Waals surface area contributed by atoms with Gasteiger partial charge in [-0.3, -0.25) is 4.79 Å². The number of aromatic nitrogens is 4. The van der Waals surface area contributed by atoms with Crippen LogP contribution >= 0.6 is 11.8 Å². The maximum atomic E-state index is 13.1. The maximum absolute atomic E-state index is 13.1. The highest BCUT2D eigenvalue weighted by Crippen LogP contribution is 2.27. The van der Waals surface area contributed by atoms with Crippen LogP contribution in [0.1, 0.15) is 23.1 Å². The van der Waals surface area contributed by atoms with E-state index in [2.05, 4.69) is 41.3 Å². The average Bonchev–Trinajstić information content (AvgIpc) is 3.37. The van der Waals surface area contributed by atoms with Gasteiger partial charge in [0.2, 0.25) is 0 Å². The summed E-state index contributed by atoms with van der Waals surface area (Å²) in [7, 11) is 0. The Morgan fingerprint density at radius 2 is 1.69 bits per heavy atom.